The van der Waals surface area contributed by atoms with E-state index < -0.39 is 0 Å². The van der Waals surface area contributed by atoms with E-state index in [0.29, 0.717) is 17.9 Å². The molecule has 2 aliphatic heterocycles. The van der Waals surface area contributed by atoms with Gasteiger partial charge < -0.3 is 15.2 Å². The minimum atomic E-state index is -0.243. The van der Waals surface area contributed by atoms with Gasteiger partial charge in [-0.15, -0.1) is 0 Å². The molecule has 4 nitrogen and oxygen atoms in total. The lowest BCUT2D eigenvalue weighted by Crippen LogP contribution is -2.26. The second-order valence-electron chi connectivity index (χ2n) is 5.97. The summed E-state index contributed by atoms with van der Waals surface area (Å²) in [7, 11) is 0. The van der Waals surface area contributed by atoms with Crippen LogP contribution in [0.5, 0.6) is 5.75 Å². The fourth-order valence-electron chi connectivity index (χ4n) is 3.24. The van der Waals surface area contributed by atoms with Crippen LogP contribution in [-0.2, 0) is 4.74 Å². The van der Waals surface area contributed by atoms with Gasteiger partial charge in [-0.3, -0.25) is 0 Å². The molecule has 0 aromatic heterocycles. The molecule has 2 aromatic rings. The average Bonchev–Trinajstić information content (AvgIpc) is 2.61. The molecule has 0 fully saturated rings. The first-order valence-electron chi connectivity index (χ1n) is 7.78. The molecule has 24 heavy (non-hydrogen) atoms. The molecule has 1 unspecified atom stereocenters. The van der Waals surface area contributed by atoms with Gasteiger partial charge in [0, 0.05) is 5.57 Å². The summed E-state index contributed by atoms with van der Waals surface area (Å²) < 4.78 is 11.7. The fourth-order valence-corrected chi connectivity index (χ4v) is 3.24. The molecular formula is C20H16N2O2. The van der Waals surface area contributed by atoms with Crippen LogP contribution >= 0.6 is 0 Å². The Bertz CT molecular complexity index is 917. The minimum absolute atomic E-state index is 0.165. The molecule has 2 aromatic carbocycles. The standard InChI is InChI=1S/C20H16N2O2/c1-12-6-8-13(9-7-12)18-15(10-21)20(22)24-19-14-4-2-3-5-17(14)23-11-16(18)19/h2-9,18H,11,22H2,1H3. The van der Waals surface area contributed by atoms with Gasteiger partial charge in [-0.2, -0.15) is 5.26 Å². The third kappa shape index (κ3) is 2.14. The maximum Gasteiger partial charge on any atom is 0.205 e. The van der Waals surface area contributed by atoms with Crippen LogP contribution in [0.2, 0.25) is 0 Å². The van der Waals surface area contributed by atoms with Crippen LogP contribution in [0.3, 0.4) is 0 Å². The molecule has 118 valence electrons. The highest BCUT2D eigenvalue weighted by Gasteiger charge is 2.36. The summed E-state index contributed by atoms with van der Waals surface area (Å²) in [4.78, 5) is 0. The van der Waals surface area contributed by atoms with Gasteiger partial charge in [0.25, 0.3) is 0 Å². The van der Waals surface area contributed by atoms with Crippen LogP contribution in [0.25, 0.3) is 5.76 Å². The van der Waals surface area contributed by atoms with Crippen molar-refractivity contribution in [1.29, 1.82) is 5.26 Å². The minimum Gasteiger partial charge on any atom is -0.488 e. The van der Waals surface area contributed by atoms with Crippen LogP contribution in [0, 0.1) is 18.3 Å². The van der Waals surface area contributed by atoms with E-state index in [4.69, 9.17) is 15.2 Å². The van der Waals surface area contributed by atoms with Gasteiger partial charge in [0.1, 0.15) is 29.8 Å². The molecule has 0 amide bonds. The molecule has 0 saturated carbocycles. The summed E-state index contributed by atoms with van der Waals surface area (Å²) >= 11 is 0. The van der Waals surface area contributed by atoms with Crippen LogP contribution in [-0.4, -0.2) is 6.61 Å². The summed E-state index contributed by atoms with van der Waals surface area (Å²) in [5.74, 6) is 1.40. The first-order valence-corrected chi connectivity index (χ1v) is 7.78. The highest BCUT2D eigenvalue weighted by molar-refractivity contribution is 5.75. The number of fused-ring (bicyclic) bond motifs is 2. The summed E-state index contributed by atoms with van der Waals surface area (Å²) in [6, 6.07) is 18.0. The number of hydrogen-bond acceptors (Lipinski definition) is 4. The van der Waals surface area contributed by atoms with Gasteiger partial charge >= 0.3 is 0 Å². The fraction of sp³-hybridized carbons (Fsp3) is 0.150. The molecular weight excluding hydrogens is 300 g/mol. The predicted molar refractivity (Wildman–Crippen MR) is 90.7 cm³/mol. The zero-order valence-electron chi connectivity index (χ0n) is 13.2. The van der Waals surface area contributed by atoms with Crippen molar-refractivity contribution < 1.29 is 9.47 Å². The number of nitrogens with two attached hydrogens (primary N) is 1. The number of nitrogens with zero attached hydrogens (tertiary/aromatic N) is 1. The van der Waals surface area contributed by atoms with Crippen molar-refractivity contribution >= 4 is 5.76 Å². The summed E-state index contributed by atoms with van der Waals surface area (Å²) in [5, 5.41) is 9.60. The van der Waals surface area contributed by atoms with Crippen LogP contribution in [0.1, 0.15) is 22.6 Å². The lowest BCUT2D eigenvalue weighted by Gasteiger charge is -2.32. The Kier molecular flexibility index (Phi) is 3.28. The van der Waals surface area contributed by atoms with Gasteiger partial charge in [-0.1, -0.05) is 42.0 Å². The largest absolute Gasteiger partial charge is 0.488 e. The number of aryl methyl sites for hydroxylation is 1. The van der Waals surface area contributed by atoms with E-state index in [1.54, 1.807) is 0 Å². The monoisotopic (exact) mass is 316 g/mol. The molecule has 4 heteroatoms. The molecule has 0 aliphatic carbocycles. The van der Waals surface area contributed by atoms with Crippen molar-refractivity contribution in [3.63, 3.8) is 0 Å². The van der Waals surface area contributed by atoms with Crippen molar-refractivity contribution in [1.82, 2.24) is 0 Å². The highest BCUT2D eigenvalue weighted by Crippen LogP contribution is 2.46. The Balaban J connectivity index is 1.91. The van der Waals surface area contributed by atoms with Gasteiger partial charge in [0.15, 0.2) is 0 Å². The van der Waals surface area contributed by atoms with Crippen molar-refractivity contribution in [2.24, 2.45) is 5.73 Å². The Labute approximate surface area is 140 Å². The highest BCUT2D eigenvalue weighted by atomic mass is 16.5. The number of allylic oxidation sites excluding steroid dienone is 1. The lowest BCUT2D eigenvalue weighted by molar-refractivity contribution is 0.294. The van der Waals surface area contributed by atoms with Gasteiger partial charge in [-0.25, -0.2) is 0 Å². The number of rotatable bonds is 1. The molecule has 0 radical (unpaired) electrons. The first kappa shape index (κ1) is 14.4. The Hall–Kier alpha value is -3.19. The lowest BCUT2D eigenvalue weighted by atomic mass is 9.81. The molecule has 2 aliphatic rings. The van der Waals surface area contributed by atoms with E-state index in [2.05, 4.69) is 6.07 Å². The molecule has 0 bridgehead atoms. The number of benzene rings is 2. The Morgan fingerprint density at radius 1 is 1.12 bits per heavy atom. The summed E-state index contributed by atoms with van der Waals surface area (Å²) in [5.41, 5.74) is 10.5. The maximum atomic E-state index is 9.60. The van der Waals surface area contributed by atoms with Crippen LogP contribution in [0.4, 0.5) is 0 Å². The molecule has 0 spiro atoms. The first-order chi connectivity index (χ1) is 11.7. The molecule has 0 saturated heterocycles. The zero-order valence-corrected chi connectivity index (χ0v) is 13.2. The van der Waals surface area contributed by atoms with E-state index in [1.807, 2.05) is 55.5 Å². The summed E-state index contributed by atoms with van der Waals surface area (Å²) in [6.45, 7) is 2.41. The van der Waals surface area contributed by atoms with Crippen molar-refractivity contribution in [2.75, 3.05) is 6.61 Å². The third-order valence-electron chi connectivity index (χ3n) is 4.45. The van der Waals surface area contributed by atoms with Crippen LogP contribution in [0.15, 0.2) is 65.6 Å². The van der Waals surface area contributed by atoms with E-state index in [9.17, 15) is 5.26 Å². The van der Waals surface area contributed by atoms with Crippen molar-refractivity contribution in [3.8, 4) is 11.8 Å². The van der Waals surface area contributed by atoms with Gasteiger partial charge in [0.2, 0.25) is 5.88 Å². The van der Waals surface area contributed by atoms with E-state index >= 15 is 0 Å². The molecule has 2 N–H and O–H groups in total. The van der Waals surface area contributed by atoms with Gasteiger partial charge in [0.05, 0.1) is 11.5 Å². The smallest absolute Gasteiger partial charge is 0.205 e. The second-order valence-corrected chi connectivity index (χ2v) is 5.97. The molecule has 1 atom stereocenters. The third-order valence-corrected chi connectivity index (χ3v) is 4.45. The van der Waals surface area contributed by atoms with Crippen LogP contribution < -0.4 is 10.5 Å². The van der Waals surface area contributed by atoms with Crippen molar-refractivity contribution in [3.05, 3.63) is 82.3 Å². The Morgan fingerprint density at radius 3 is 2.62 bits per heavy atom. The number of nitriles is 1. The number of hydrogen-bond donors (Lipinski definition) is 1. The van der Waals surface area contributed by atoms with Crippen molar-refractivity contribution in [2.45, 2.75) is 12.8 Å². The molecule has 4 rings (SSSR count). The maximum absolute atomic E-state index is 9.60. The molecule has 2 heterocycles. The predicted octanol–water partition coefficient (Wildman–Crippen LogP) is 3.61. The zero-order chi connectivity index (χ0) is 16.7. The quantitative estimate of drug-likeness (QED) is 0.872. The van der Waals surface area contributed by atoms with E-state index in [1.165, 1.54) is 5.56 Å². The van der Waals surface area contributed by atoms with E-state index in [0.717, 1.165) is 22.4 Å². The SMILES string of the molecule is Cc1ccc(C2C(C#N)=C(N)OC3=C2COc2ccccc23)cc1. The average molecular weight is 316 g/mol. The second kappa shape index (κ2) is 5.47. The van der Waals surface area contributed by atoms with Gasteiger partial charge in [-0.05, 0) is 24.6 Å². The number of para-hydroxylation sites is 1. The number of ether oxygens (including phenoxy) is 2. The Morgan fingerprint density at radius 2 is 1.88 bits per heavy atom. The van der Waals surface area contributed by atoms with E-state index in [-0.39, 0.29) is 11.8 Å². The summed E-state index contributed by atoms with van der Waals surface area (Å²) in [6.07, 6.45) is 0. The topological polar surface area (TPSA) is 68.3 Å². The normalized spacial score (nSPS) is 18.9.